The molecule has 0 aliphatic heterocycles. The molecule has 1 amide bonds. The highest BCUT2D eigenvalue weighted by atomic mass is 16.5. The number of carbonyl (C=O) groups is 1. The molecule has 102 valence electrons. The van der Waals surface area contributed by atoms with Gasteiger partial charge < -0.3 is 9.42 Å². The average molecular weight is 270 g/mol. The van der Waals surface area contributed by atoms with Crippen molar-refractivity contribution in [2.24, 2.45) is 0 Å². The highest BCUT2D eigenvalue weighted by molar-refractivity contribution is 5.93. The fourth-order valence-corrected chi connectivity index (χ4v) is 2.10. The van der Waals surface area contributed by atoms with Gasteiger partial charge in [0, 0.05) is 13.1 Å². The van der Waals surface area contributed by atoms with Crippen LogP contribution in [0.1, 0.15) is 29.1 Å². The third-order valence-corrected chi connectivity index (χ3v) is 3.43. The highest BCUT2D eigenvalue weighted by Gasteiger charge is 2.22. The molecule has 0 saturated carbocycles. The summed E-state index contributed by atoms with van der Waals surface area (Å²) in [5, 5.41) is 8.05. The SMILES string of the molecule is C[C@H](c1ccon1)N(C)C(=O)c1cccc2ccnn12. The minimum absolute atomic E-state index is 0.116. The number of aromatic nitrogens is 3. The molecule has 0 aliphatic carbocycles. The summed E-state index contributed by atoms with van der Waals surface area (Å²) in [4.78, 5) is 14.2. The number of carbonyl (C=O) groups excluding carboxylic acids is 1. The van der Waals surface area contributed by atoms with Crippen LogP contribution in [0.5, 0.6) is 0 Å². The highest BCUT2D eigenvalue weighted by Crippen LogP contribution is 2.19. The largest absolute Gasteiger partial charge is 0.364 e. The van der Waals surface area contributed by atoms with Gasteiger partial charge in [-0.25, -0.2) is 4.52 Å². The fraction of sp³-hybridized carbons (Fsp3) is 0.214. The minimum Gasteiger partial charge on any atom is -0.364 e. The van der Waals surface area contributed by atoms with Gasteiger partial charge in [0.2, 0.25) is 0 Å². The van der Waals surface area contributed by atoms with E-state index in [0.717, 1.165) is 5.52 Å². The molecule has 0 fully saturated rings. The minimum atomic E-state index is -0.174. The van der Waals surface area contributed by atoms with Crippen molar-refractivity contribution < 1.29 is 9.32 Å². The molecule has 3 rings (SSSR count). The molecular formula is C14H14N4O2. The Balaban J connectivity index is 1.94. The number of fused-ring (bicyclic) bond motifs is 1. The zero-order valence-electron chi connectivity index (χ0n) is 11.2. The second kappa shape index (κ2) is 4.80. The lowest BCUT2D eigenvalue weighted by Crippen LogP contribution is -2.31. The van der Waals surface area contributed by atoms with E-state index in [1.165, 1.54) is 6.26 Å². The quantitative estimate of drug-likeness (QED) is 0.731. The molecule has 0 aromatic carbocycles. The van der Waals surface area contributed by atoms with E-state index in [0.29, 0.717) is 11.4 Å². The van der Waals surface area contributed by atoms with Crippen LogP contribution in [-0.2, 0) is 0 Å². The molecule has 0 unspecified atom stereocenters. The van der Waals surface area contributed by atoms with E-state index >= 15 is 0 Å². The van der Waals surface area contributed by atoms with E-state index in [4.69, 9.17) is 4.52 Å². The van der Waals surface area contributed by atoms with E-state index in [2.05, 4.69) is 10.3 Å². The maximum Gasteiger partial charge on any atom is 0.272 e. The summed E-state index contributed by atoms with van der Waals surface area (Å²) in [5.74, 6) is -0.116. The number of amides is 1. The van der Waals surface area contributed by atoms with Crippen LogP contribution in [0, 0.1) is 0 Å². The second-order valence-electron chi connectivity index (χ2n) is 4.60. The average Bonchev–Trinajstić information content (AvgIpc) is 3.14. The Bertz CT molecular complexity index is 733. The van der Waals surface area contributed by atoms with Gasteiger partial charge in [0.25, 0.3) is 5.91 Å². The van der Waals surface area contributed by atoms with Crippen molar-refractivity contribution in [3.63, 3.8) is 0 Å². The molecule has 0 aliphatic rings. The van der Waals surface area contributed by atoms with E-state index < -0.39 is 0 Å². The summed E-state index contributed by atoms with van der Waals surface area (Å²) in [6.07, 6.45) is 3.17. The summed E-state index contributed by atoms with van der Waals surface area (Å²) >= 11 is 0. The van der Waals surface area contributed by atoms with Crippen LogP contribution in [0.25, 0.3) is 5.52 Å². The maximum atomic E-state index is 12.6. The van der Waals surface area contributed by atoms with Gasteiger partial charge in [-0.05, 0) is 25.1 Å². The Morgan fingerprint density at radius 3 is 2.95 bits per heavy atom. The molecule has 1 atom stereocenters. The molecule has 6 heteroatoms. The Morgan fingerprint density at radius 2 is 2.20 bits per heavy atom. The van der Waals surface area contributed by atoms with Crippen LogP contribution < -0.4 is 0 Å². The zero-order valence-corrected chi connectivity index (χ0v) is 11.2. The van der Waals surface area contributed by atoms with Crippen LogP contribution >= 0.6 is 0 Å². The third-order valence-electron chi connectivity index (χ3n) is 3.43. The molecule has 0 bridgehead atoms. The molecule has 0 N–H and O–H groups in total. The van der Waals surface area contributed by atoms with E-state index in [9.17, 15) is 4.79 Å². The summed E-state index contributed by atoms with van der Waals surface area (Å²) in [5.41, 5.74) is 2.12. The topological polar surface area (TPSA) is 63.6 Å². The number of rotatable bonds is 3. The van der Waals surface area contributed by atoms with Gasteiger partial charge in [0.15, 0.2) is 0 Å². The molecule has 6 nitrogen and oxygen atoms in total. The molecule has 3 aromatic rings. The van der Waals surface area contributed by atoms with E-state index in [1.807, 2.05) is 25.1 Å². The van der Waals surface area contributed by atoms with Crippen LogP contribution in [0.4, 0.5) is 0 Å². The standard InChI is InChI=1S/C14H14N4O2/c1-10(12-7-9-20-16-12)17(2)14(19)13-5-3-4-11-6-8-15-18(11)13/h3-10H,1-2H3/t10-/m1/s1. The van der Waals surface area contributed by atoms with Gasteiger partial charge >= 0.3 is 0 Å². The Kier molecular flexibility index (Phi) is 2.98. The molecule has 3 aromatic heterocycles. The van der Waals surface area contributed by atoms with Crippen molar-refractivity contribution in [2.45, 2.75) is 13.0 Å². The van der Waals surface area contributed by atoms with Gasteiger partial charge in [-0.3, -0.25) is 4.79 Å². The van der Waals surface area contributed by atoms with Crippen LogP contribution in [0.15, 0.2) is 47.3 Å². The Labute approximate surface area is 115 Å². The van der Waals surface area contributed by atoms with Crippen molar-refractivity contribution >= 4 is 11.4 Å². The summed E-state index contributed by atoms with van der Waals surface area (Å²) in [6.45, 7) is 1.90. The first kappa shape index (κ1) is 12.4. The second-order valence-corrected chi connectivity index (χ2v) is 4.60. The molecule has 20 heavy (non-hydrogen) atoms. The first-order chi connectivity index (χ1) is 9.68. The number of nitrogens with zero attached hydrogens (tertiary/aromatic N) is 4. The van der Waals surface area contributed by atoms with Crippen molar-refractivity contribution in [3.8, 4) is 0 Å². The Morgan fingerprint density at radius 1 is 1.35 bits per heavy atom. The lowest BCUT2D eigenvalue weighted by molar-refractivity contribution is 0.0729. The van der Waals surface area contributed by atoms with Crippen molar-refractivity contribution in [1.29, 1.82) is 0 Å². The first-order valence-electron chi connectivity index (χ1n) is 6.28. The van der Waals surface area contributed by atoms with Crippen LogP contribution in [0.3, 0.4) is 0 Å². The van der Waals surface area contributed by atoms with Crippen molar-refractivity contribution in [2.75, 3.05) is 7.05 Å². The lowest BCUT2D eigenvalue weighted by atomic mass is 10.2. The number of hydrogen-bond acceptors (Lipinski definition) is 4. The zero-order chi connectivity index (χ0) is 14.1. The third kappa shape index (κ3) is 1.95. The molecule has 3 heterocycles. The lowest BCUT2D eigenvalue weighted by Gasteiger charge is -2.23. The summed E-state index contributed by atoms with van der Waals surface area (Å²) in [6, 6.07) is 8.95. The summed E-state index contributed by atoms with van der Waals surface area (Å²) < 4.78 is 6.46. The number of pyridine rings is 1. The predicted octanol–water partition coefficient (Wildman–Crippen LogP) is 2.16. The van der Waals surface area contributed by atoms with Crippen molar-refractivity contribution in [3.05, 3.63) is 54.2 Å². The number of hydrogen-bond donors (Lipinski definition) is 0. The molecule has 0 radical (unpaired) electrons. The first-order valence-corrected chi connectivity index (χ1v) is 6.28. The van der Waals surface area contributed by atoms with Crippen molar-refractivity contribution in [1.82, 2.24) is 19.7 Å². The normalized spacial score (nSPS) is 12.5. The van der Waals surface area contributed by atoms with Crippen LogP contribution in [-0.4, -0.2) is 32.6 Å². The monoisotopic (exact) mass is 270 g/mol. The Hall–Kier alpha value is -2.63. The molecule has 0 saturated heterocycles. The van der Waals surface area contributed by atoms with E-state index in [-0.39, 0.29) is 11.9 Å². The van der Waals surface area contributed by atoms with E-state index in [1.54, 1.807) is 34.8 Å². The molecule has 0 spiro atoms. The summed E-state index contributed by atoms with van der Waals surface area (Å²) in [7, 11) is 1.74. The predicted molar refractivity (Wildman–Crippen MR) is 72.2 cm³/mol. The smallest absolute Gasteiger partial charge is 0.272 e. The maximum absolute atomic E-state index is 12.6. The van der Waals surface area contributed by atoms with Gasteiger partial charge in [-0.1, -0.05) is 11.2 Å². The fourth-order valence-electron chi connectivity index (χ4n) is 2.10. The molecular weight excluding hydrogens is 256 g/mol. The van der Waals surface area contributed by atoms with Gasteiger partial charge in [0.1, 0.15) is 17.7 Å². The van der Waals surface area contributed by atoms with Gasteiger partial charge in [0.05, 0.1) is 17.8 Å². The van der Waals surface area contributed by atoms with Gasteiger partial charge in [-0.15, -0.1) is 0 Å². The van der Waals surface area contributed by atoms with Crippen LogP contribution in [0.2, 0.25) is 0 Å². The van der Waals surface area contributed by atoms with Gasteiger partial charge in [-0.2, -0.15) is 5.10 Å².